The summed E-state index contributed by atoms with van der Waals surface area (Å²) >= 11 is 0. The van der Waals surface area contributed by atoms with E-state index in [9.17, 15) is 8.42 Å². The SMILES string of the molecule is CN(C)c1ccc(NS(=O)(=O)c2ccccc2N)cc1. The molecule has 0 bridgehead atoms. The van der Waals surface area contributed by atoms with E-state index in [-0.39, 0.29) is 10.6 Å². The van der Waals surface area contributed by atoms with E-state index in [4.69, 9.17) is 5.73 Å². The molecule has 0 aromatic heterocycles. The topological polar surface area (TPSA) is 75.4 Å². The van der Waals surface area contributed by atoms with Crippen LogP contribution in [0.25, 0.3) is 0 Å². The third-order valence-corrected chi connectivity index (χ3v) is 4.30. The smallest absolute Gasteiger partial charge is 0.263 e. The molecule has 20 heavy (non-hydrogen) atoms. The predicted octanol–water partition coefficient (Wildman–Crippen LogP) is 2.14. The van der Waals surface area contributed by atoms with E-state index in [0.717, 1.165) is 5.69 Å². The highest BCUT2D eigenvalue weighted by Crippen LogP contribution is 2.22. The Morgan fingerprint density at radius 2 is 1.60 bits per heavy atom. The van der Waals surface area contributed by atoms with E-state index in [2.05, 4.69) is 4.72 Å². The Morgan fingerprint density at radius 1 is 1.00 bits per heavy atom. The normalized spacial score (nSPS) is 11.1. The highest BCUT2D eigenvalue weighted by Gasteiger charge is 2.16. The predicted molar refractivity (Wildman–Crippen MR) is 82.4 cm³/mol. The van der Waals surface area contributed by atoms with Crippen molar-refractivity contribution in [2.24, 2.45) is 0 Å². The summed E-state index contributed by atoms with van der Waals surface area (Å²) in [5.74, 6) is 0. The molecule has 3 N–H and O–H groups in total. The summed E-state index contributed by atoms with van der Waals surface area (Å²) in [6, 6.07) is 13.5. The number of nitrogens with two attached hydrogens (primary N) is 1. The van der Waals surface area contributed by atoms with Gasteiger partial charge in [0.25, 0.3) is 10.0 Å². The summed E-state index contributed by atoms with van der Waals surface area (Å²) in [4.78, 5) is 2.02. The maximum Gasteiger partial charge on any atom is 0.263 e. The Labute approximate surface area is 119 Å². The van der Waals surface area contributed by atoms with Crippen molar-refractivity contribution in [2.45, 2.75) is 4.90 Å². The van der Waals surface area contributed by atoms with Gasteiger partial charge in [-0.2, -0.15) is 0 Å². The van der Waals surface area contributed by atoms with E-state index < -0.39 is 10.0 Å². The van der Waals surface area contributed by atoms with Crippen molar-refractivity contribution < 1.29 is 8.42 Å². The van der Waals surface area contributed by atoms with Gasteiger partial charge >= 0.3 is 0 Å². The van der Waals surface area contributed by atoms with Crippen LogP contribution in [0.5, 0.6) is 0 Å². The minimum atomic E-state index is -3.67. The van der Waals surface area contributed by atoms with Crippen LogP contribution in [0.3, 0.4) is 0 Å². The number of anilines is 3. The number of nitrogen functional groups attached to an aromatic ring is 1. The van der Waals surface area contributed by atoms with E-state index in [1.165, 1.54) is 6.07 Å². The molecule has 0 spiro atoms. The zero-order chi connectivity index (χ0) is 14.8. The Hall–Kier alpha value is -2.21. The first-order valence-corrected chi connectivity index (χ1v) is 7.53. The molecule has 5 nitrogen and oxygen atoms in total. The number of benzene rings is 2. The van der Waals surface area contributed by atoms with Crippen molar-refractivity contribution in [1.29, 1.82) is 0 Å². The fourth-order valence-electron chi connectivity index (χ4n) is 1.76. The van der Waals surface area contributed by atoms with Crippen molar-refractivity contribution in [3.63, 3.8) is 0 Å². The summed E-state index contributed by atoms with van der Waals surface area (Å²) < 4.78 is 27.0. The summed E-state index contributed by atoms with van der Waals surface area (Å²) in [5.41, 5.74) is 7.42. The Kier molecular flexibility index (Phi) is 3.85. The van der Waals surface area contributed by atoms with Gasteiger partial charge in [0.05, 0.1) is 5.69 Å². The second-order valence-electron chi connectivity index (χ2n) is 4.58. The summed E-state index contributed by atoms with van der Waals surface area (Å²) in [6.45, 7) is 0. The molecule has 0 radical (unpaired) electrons. The van der Waals surface area contributed by atoms with Crippen LogP contribution in [-0.2, 0) is 10.0 Å². The molecule has 0 aliphatic carbocycles. The van der Waals surface area contributed by atoms with Gasteiger partial charge in [-0.1, -0.05) is 12.1 Å². The largest absolute Gasteiger partial charge is 0.398 e. The van der Waals surface area contributed by atoms with E-state index >= 15 is 0 Å². The van der Waals surface area contributed by atoms with Crippen molar-refractivity contribution in [2.75, 3.05) is 29.5 Å². The lowest BCUT2D eigenvalue weighted by molar-refractivity contribution is 0.601. The molecule has 0 aliphatic heterocycles. The molecule has 0 atom stereocenters. The maximum absolute atomic E-state index is 12.2. The molecule has 0 unspecified atom stereocenters. The number of sulfonamides is 1. The number of hydrogen-bond donors (Lipinski definition) is 2. The molecule has 0 amide bonds. The fourth-order valence-corrected chi connectivity index (χ4v) is 2.96. The first kappa shape index (κ1) is 14.2. The highest BCUT2D eigenvalue weighted by atomic mass is 32.2. The van der Waals surface area contributed by atoms with Gasteiger partial charge in [-0.15, -0.1) is 0 Å². The lowest BCUT2D eigenvalue weighted by Crippen LogP contribution is -2.15. The Balaban J connectivity index is 2.27. The zero-order valence-corrected chi connectivity index (χ0v) is 12.2. The Bertz CT molecular complexity index is 695. The van der Waals surface area contributed by atoms with E-state index in [1.807, 2.05) is 31.1 Å². The second-order valence-corrected chi connectivity index (χ2v) is 6.24. The molecule has 0 aliphatic rings. The van der Waals surface area contributed by atoms with Crippen LogP contribution in [0.1, 0.15) is 0 Å². The van der Waals surface area contributed by atoms with Crippen molar-refractivity contribution >= 4 is 27.1 Å². The van der Waals surface area contributed by atoms with Gasteiger partial charge in [0.2, 0.25) is 0 Å². The summed E-state index contributed by atoms with van der Waals surface area (Å²) in [6.07, 6.45) is 0. The maximum atomic E-state index is 12.2. The fraction of sp³-hybridized carbons (Fsp3) is 0.143. The molecular weight excluding hydrogens is 274 g/mol. The third-order valence-electron chi connectivity index (χ3n) is 2.84. The van der Waals surface area contributed by atoms with Crippen molar-refractivity contribution in [1.82, 2.24) is 0 Å². The number of nitrogens with zero attached hydrogens (tertiary/aromatic N) is 1. The molecule has 2 aromatic carbocycles. The molecule has 2 rings (SSSR count). The van der Waals surface area contributed by atoms with Crippen LogP contribution in [-0.4, -0.2) is 22.5 Å². The van der Waals surface area contributed by atoms with Crippen LogP contribution in [0.15, 0.2) is 53.4 Å². The van der Waals surface area contributed by atoms with Gasteiger partial charge in [-0.05, 0) is 36.4 Å². The van der Waals surface area contributed by atoms with Crippen LogP contribution in [0, 0.1) is 0 Å². The minimum Gasteiger partial charge on any atom is -0.398 e. The lowest BCUT2D eigenvalue weighted by atomic mass is 10.3. The lowest BCUT2D eigenvalue weighted by Gasteiger charge is -2.14. The minimum absolute atomic E-state index is 0.0803. The van der Waals surface area contributed by atoms with Gasteiger partial charge in [0, 0.05) is 25.5 Å². The van der Waals surface area contributed by atoms with Gasteiger partial charge in [-0.25, -0.2) is 8.42 Å². The van der Waals surface area contributed by atoms with Gasteiger partial charge in [0.15, 0.2) is 0 Å². The summed E-state index contributed by atoms with van der Waals surface area (Å²) in [5, 5.41) is 0. The van der Waals surface area contributed by atoms with Crippen LogP contribution in [0.4, 0.5) is 17.1 Å². The van der Waals surface area contributed by atoms with Crippen LogP contribution >= 0.6 is 0 Å². The number of rotatable bonds is 4. The average Bonchev–Trinajstić information content (AvgIpc) is 2.39. The first-order chi connectivity index (χ1) is 9.40. The molecule has 106 valence electrons. The molecular formula is C14H17N3O2S. The molecule has 0 saturated carbocycles. The van der Waals surface area contributed by atoms with Crippen LogP contribution < -0.4 is 15.4 Å². The average molecular weight is 291 g/mol. The van der Waals surface area contributed by atoms with Gasteiger partial charge in [0.1, 0.15) is 4.90 Å². The molecule has 0 saturated heterocycles. The van der Waals surface area contributed by atoms with Gasteiger partial charge < -0.3 is 10.6 Å². The number of hydrogen-bond acceptors (Lipinski definition) is 4. The molecule has 0 fully saturated rings. The van der Waals surface area contributed by atoms with E-state index in [0.29, 0.717) is 5.69 Å². The first-order valence-electron chi connectivity index (χ1n) is 6.05. The number of nitrogens with one attached hydrogen (secondary N) is 1. The van der Waals surface area contributed by atoms with E-state index in [1.54, 1.807) is 30.3 Å². The summed E-state index contributed by atoms with van der Waals surface area (Å²) in [7, 11) is 0.175. The standard InChI is InChI=1S/C14H17N3O2S/c1-17(2)12-9-7-11(8-10-12)16-20(18,19)14-6-4-3-5-13(14)15/h3-10,16H,15H2,1-2H3. The molecule has 2 aromatic rings. The molecule has 6 heteroatoms. The third kappa shape index (κ3) is 3.03. The monoisotopic (exact) mass is 291 g/mol. The quantitative estimate of drug-likeness (QED) is 0.846. The Morgan fingerprint density at radius 3 is 2.15 bits per heavy atom. The zero-order valence-electron chi connectivity index (χ0n) is 11.4. The van der Waals surface area contributed by atoms with Crippen LogP contribution in [0.2, 0.25) is 0 Å². The number of para-hydroxylation sites is 1. The second kappa shape index (κ2) is 5.42. The van der Waals surface area contributed by atoms with Crippen molar-refractivity contribution in [3.8, 4) is 0 Å². The van der Waals surface area contributed by atoms with Crippen molar-refractivity contribution in [3.05, 3.63) is 48.5 Å². The van der Waals surface area contributed by atoms with Gasteiger partial charge in [-0.3, -0.25) is 4.72 Å². The molecule has 0 heterocycles. The highest BCUT2D eigenvalue weighted by molar-refractivity contribution is 7.92.